The lowest BCUT2D eigenvalue weighted by Crippen LogP contribution is -2.40. The number of nitrogens with one attached hydrogen (secondary N) is 3. The third-order valence-corrected chi connectivity index (χ3v) is 2.72. The molecule has 0 aliphatic heterocycles. The van der Waals surface area contributed by atoms with Crippen molar-refractivity contribution in [2.75, 3.05) is 13.1 Å². The van der Waals surface area contributed by atoms with Crippen LogP contribution in [0.15, 0.2) is 0 Å². The standard InChI is InChI=1S/C13H24N4O/c1-9-11(10(2)17-16-9)6-7-14-12(18)15-8-13(3,4)5/h6-8H2,1-5H3,(H,16,17)(H2,14,15,18). The first kappa shape index (κ1) is 14.5. The Morgan fingerprint density at radius 1 is 1.28 bits per heavy atom. The normalized spacial score (nSPS) is 11.4. The monoisotopic (exact) mass is 252 g/mol. The molecule has 1 rings (SSSR count). The largest absolute Gasteiger partial charge is 0.338 e. The molecule has 0 aromatic carbocycles. The molecule has 102 valence electrons. The van der Waals surface area contributed by atoms with Crippen molar-refractivity contribution in [3.8, 4) is 0 Å². The molecule has 5 heteroatoms. The molecule has 0 bridgehead atoms. The van der Waals surface area contributed by atoms with E-state index in [9.17, 15) is 4.79 Å². The van der Waals surface area contributed by atoms with Gasteiger partial charge in [0.2, 0.25) is 0 Å². The summed E-state index contributed by atoms with van der Waals surface area (Å²) in [6.07, 6.45) is 0.803. The maximum Gasteiger partial charge on any atom is 0.314 e. The number of carbonyl (C=O) groups excluding carboxylic acids is 1. The maximum absolute atomic E-state index is 11.5. The van der Waals surface area contributed by atoms with Gasteiger partial charge in [-0.15, -0.1) is 0 Å². The van der Waals surface area contributed by atoms with Gasteiger partial charge < -0.3 is 10.6 Å². The second-order valence-corrected chi connectivity index (χ2v) is 5.83. The number of aromatic amines is 1. The molecule has 0 atom stereocenters. The van der Waals surface area contributed by atoms with Crippen LogP contribution in [0.25, 0.3) is 0 Å². The fraction of sp³-hybridized carbons (Fsp3) is 0.692. The molecular formula is C13H24N4O. The highest BCUT2D eigenvalue weighted by molar-refractivity contribution is 5.73. The van der Waals surface area contributed by atoms with E-state index in [0.717, 1.165) is 17.8 Å². The summed E-state index contributed by atoms with van der Waals surface area (Å²) in [5.41, 5.74) is 3.37. The Labute approximate surface area is 109 Å². The Morgan fingerprint density at radius 2 is 1.94 bits per heavy atom. The van der Waals surface area contributed by atoms with Gasteiger partial charge in [-0.2, -0.15) is 5.10 Å². The number of nitrogens with zero attached hydrogens (tertiary/aromatic N) is 1. The van der Waals surface area contributed by atoms with E-state index < -0.39 is 0 Å². The SMILES string of the molecule is Cc1n[nH]c(C)c1CCNC(=O)NCC(C)(C)C. The van der Waals surface area contributed by atoms with Crippen LogP contribution in [0.1, 0.15) is 37.7 Å². The van der Waals surface area contributed by atoms with Gasteiger partial charge >= 0.3 is 6.03 Å². The van der Waals surface area contributed by atoms with E-state index in [0.29, 0.717) is 13.1 Å². The minimum Gasteiger partial charge on any atom is -0.338 e. The number of H-pyrrole nitrogens is 1. The average Bonchev–Trinajstić information content (AvgIpc) is 2.57. The van der Waals surface area contributed by atoms with Crippen LogP contribution in [0.4, 0.5) is 4.79 Å². The second kappa shape index (κ2) is 5.89. The smallest absolute Gasteiger partial charge is 0.314 e. The summed E-state index contributed by atoms with van der Waals surface area (Å²) in [6, 6.07) is -0.108. The van der Waals surface area contributed by atoms with E-state index in [1.807, 2.05) is 13.8 Å². The minimum absolute atomic E-state index is 0.106. The molecule has 1 heterocycles. The van der Waals surface area contributed by atoms with Gasteiger partial charge in [-0.25, -0.2) is 4.79 Å². The molecule has 18 heavy (non-hydrogen) atoms. The van der Waals surface area contributed by atoms with E-state index in [1.54, 1.807) is 0 Å². The van der Waals surface area contributed by atoms with E-state index in [-0.39, 0.29) is 11.4 Å². The summed E-state index contributed by atoms with van der Waals surface area (Å²) in [7, 11) is 0. The van der Waals surface area contributed by atoms with Crippen molar-refractivity contribution in [1.82, 2.24) is 20.8 Å². The van der Waals surface area contributed by atoms with Crippen molar-refractivity contribution in [2.24, 2.45) is 5.41 Å². The zero-order valence-corrected chi connectivity index (χ0v) is 12.0. The quantitative estimate of drug-likeness (QED) is 0.766. The third kappa shape index (κ3) is 4.77. The predicted octanol–water partition coefficient (Wildman–Crippen LogP) is 1.91. The number of rotatable bonds is 4. The van der Waals surface area contributed by atoms with Crippen molar-refractivity contribution in [2.45, 2.75) is 41.0 Å². The van der Waals surface area contributed by atoms with Crippen molar-refractivity contribution in [3.63, 3.8) is 0 Å². The number of carbonyl (C=O) groups is 1. The molecule has 3 N–H and O–H groups in total. The van der Waals surface area contributed by atoms with Gasteiger partial charge in [-0.05, 0) is 31.2 Å². The van der Waals surface area contributed by atoms with Crippen LogP contribution in [0.5, 0.6) is 0 Å². The van der Waals surface area contributed by atoms with Crippen LogP contribution >= 0.6 is 0 Å². The molecule has 0 unspecified atom stereocenters. The summed E-state index contributed by atoms with van der Waals surface area (Å²) in [5.74, 6) is 0. The summed E-state index contributed by atoms with van der Waals surface area (Å²) in [4.78, 5) is 11.5. The summed E-state index contributed by atoms with van der Waals surface area (Å²) in [5, 5.41) is 12.8. The van der Waals surface area contributed by atoms with Crippen molar-refractivity contribution >= 4 is 6.03 Å². The van der Waals surface area contributed by atoms with E-state index in [4.69, 9.17) is 0 Å². The molecule has 0 radical (unpaired) electrons. The van der Waals surface area contributed by atoms with E-state index in [1.165, 1.54) is 5.56 Å². The minimum atomic E-state index is -0.108. The highest BCUT2D eigenvalue weighted by Gasteiger charge is 2.12. The molecule has 0 aliphatic carbocycles. The van der Waals surface area contributed by atoms with Crippen molar-refractivity contribution in [1.29, 1.82) is 0 Å². The molecule has 1 aromatic rings. The Hall–Kier alpha value is -1.52. The van der Waals surface area contributed by atoms with Gasteiger partial charge in [0.1, 0.15) is 0 Å². The number of aryl methyl sites for hydroxylation is 2. The molecule has 0 fully saturated rings. The van der Waals surface area contributed by atoms with Gasteiger partial charge in [0.25, 0.3) is 0 Å². The van der Waals surface area contributed by atoms with Crippen LogP contribution < -0.4 is 10.6 Å². The van der Waals surface area contributed by atoms with Gasteiger partial charge in [0.05, 0.1) is 5.69 Å². The van der Waals surface area contributed by atoms with Crippen LogP contribution in [0, 0.1) is 19.3 Å². The average molecular weight is 252 g/mol. The zero-order valence-electron chi connectivity index (χ0n) is 12.0. The van der Waals surface area contributed by atoms with E-state index in [2.05, 4.69) is 41.6 Å². The maximum atomic E-state index is 11.5. The second-order valence-electron chi connectivity index (χ2n) is 5.83. The van der Waals surface area contributed by atoms with Crippen LogP contribution in [0.3, 0.4) is 0 Å². The first-order valence-electron chi connectivity index (χ1n) is 6.32. The van der Waals surface area contributed by atoms with Crippen LogP contribution in [-0.2, 0) is 6.42 Å². The van der Waals surface area contributed by atoms with Crippen LogP contribution in [0.2, 0.25) is 0 Å². The number of hydrogen-bond acceptors (Lipinski definition) is 2. The highest BCUT2D eigenvalue weighted by Crippen LogP contribution is 2.10. The number of amides is 2. The number of hydrogen-bond donors (Lipinski definition) is 3. The Morgan fingerprint density at radius 3 is 2.44 bits per heavy atom. The summed E-state index contributed by atoms with van der Waals surface area (Å²) >= 11 is 0. The Kier molecular flexibility index (Phi) is 4.76. The first-order chi connectivity index (χ1) is 8.29. The molecule has 0 saturated heterocycles. The molecule has 5 nitrogen and oxygen atoms in total. The van der Waals surface area contributed by atoms with Gasteiger partial charge in [-0.1, -0.05) is 20.8 Å². The third-order valence-electron chi connectivity index (χ3n) is 2.72. The summed E-state index contributed by atoms with van der Waals surface area (Å²) in [6.45, 7) is 11.5. The van der Waals surface area contributed by atoms with Crippen molar-refractivity contribution in [3.05, 3.63) is 17.0 Å². The number of urea groups is 1. The zero-order chi connectivity index (χ0) is 13.8. The first-order valence-corrected chi connectivity index (χ1v) is 6.32. The Balaban J connectivity index is 2.28. The fourth-order valence-corrected chi connectivity index (χ4v) is 1.65. The van der Waals surface area contributed by atoms with Gasteiger partial charge in [-0.3, -0.25) is 5.10 Å². The summed E-state index contributed by atoms with van der Waals surface area (Å²) < 4.78 is 0. The number of aromatic nitrogens is 2. The molecule has 0 aliphatic rings. The fourth-order valence-electron chi connectivity index (χ4n) is 1.65. The van der Waals surface area contributed by atoms with Gasteiger partial charge in [0.15, 0.2) is 0 Å². The lowest BCUT2D eigenvalue weighted by molar-refractivity contribution is 0.235. The molecular weight excluding hydrogens is 228 g/mol. The predicted molar refractivity (Wildman–Crippen MR) is 72.6 cm³/mol. The van der Waals surface area contributed by atoms with Crippen LogP contribution in [-0.4, -0.2) is 29.3 Å². The van der Waals surface area contributed by atoms with Gasteiger partial charge in [0, 0.05) is 18.8 Å². The topological polar surface area (TPSA) is 69.8 Å². The molecule has 0 spiro atoms. The van der Waals surface area contributed by atoms with Crippen molar-refractivity contribution < 1.29 is 4.79 Å². The molecule has 1 aromatic heterocycles. The van der Waals surface area contributed by atoms with E-state index >= 15 is 0 Å². The Bertz CT molecular complexity index is 384. The molecule has 0 saturated carbocycles. The molecule has 2 amide bonds. The lowest BCUT2D eigenvalue weighted by Gasteiger charge is -2.18. The lowest BCUT2D eigenvalue weighted by atomic mass is 9.97. The highest BCUT2D eigenvalue weighted by atomic mass is 16.2.